The molecule has 1 aliphatic heterocycles. The number of nitrogens with one attached hydrogen (secondary N) is 1. The predicted molar refractivity (Wildman–Crippen MR) is 63.5 cm³/mol. The van der Waals surface area contributed by atoms with Gasteiger partial charge in [0.15, 0.2) is 0 Å². The average Bonchev–Trinajstić information content (AvgIpc) is 2.95. The van der Waals surface area contributed by atoms with E-state index in [9.17, 15) is 14.4 Å². The molecular formula is C13H18N2O3. The molecule has 98 valence electrons. The molecule has 2 saturated carbocycles. The maximum Gasteiger partial charge on any atom is 0.331 e. The lowest BCUT2D eigenvalue weighted by Crippen LogP contribution is -2.66. The summed E-state index contributed by atoms with van der Waals surface area (Å²) in [6, 6.07) is -0.478. The van der Waals surface area contributed by atoms with Gasteiger partial charge in [-0.25, -0.2) is 4.79 Å². The average molecular weight is 250 g/mol. The van der Waals surface area contributed by atoms with Gasteiger partial charge < -0.3 is 0 Å². The van der Waals surface area contributed by atoms with Crippen LogP contribution in [0.4, 0.5) is 4.79 Å². The van der Waals surface area contributed by atoms with Gasteiger partial charge in [-0.1, -0.05) is 19.8 Å². The van der Waals surface area contributed by atoms with Gasteiger partial charge in [0.2, 0.25) is 11.8 Å². The normalized spacial score (nSPS) is 33.4. The Bertz CT molecular complexity index is 428. The maximum atomic E-state index is 12.4. The van der Waals surface area contributed by atoms with E-state index < -0.39 is 11.4 Å². The molecule has 0 aromatic carbocycles. The third kappa shape index (κ3) is 1.42. The Labute approximate surface area is 106 Å². The number of urea groups is 1. The van der Waals surface area contributed by atoms with Gasteiger partial charge in [0, 0.05) is 6.04 Å². The van der Waals surface area contributed by atoms with Crippen molar-refractivity contribution in [3.63, 3.8) is 0 Å². The highest BCUT2D eigenvalue weighted by Gasteiger charge is 2.61. The molecule has 1 N–H and O–H groups in total. The third-order valence-corrected chi connectivity index (χ3v) is 4.59. The van der Waals surface area contributed by atoms with Crippen molar-refractivity contribution in [3.8, 4) is 0 Å². The van der Waals surface area contributed by atoms with Gasteiger partial charge in [-0.05, 0) is 31.6 Å². The van der Waals surface area contributed by atoms with E-state index >= 15 is 0 Å². The fraction of sp³-hybridized carbons (Fsp3) is 0.769. The fourth-order valence-electron chi connectivity index (χ4n) is 3.20. The standard InChI is InChI=1S/C13H18N2O3/c1-2-4-8-7-9(8)15-11(17)13(5-3-6-13)10(16)14-12(15)18/h8-9H,2-7H2,1H3,(H,14,16,18). The Morgan fingerprint density at radius 3 is 2.61 bits per heavy atom. The van der Waals surface area contributed by atoms with Gasteiger partial charge in [0.25, 0.3) is 0 Å². The summed E-state index contributed by atoms with van der Waals surface area (Å²) in [5.74, 6) is -0.186. The first kappa shape index (κ1) is 11.7. The minimum Gasteiger partial charge on any atom is -0.277 e. The van der Waals surface area contributed by atoms with Crippen LogP contribution in [0.3, 0.4) is 0 Å². The summed E-state index contributed by atoms with van der Waals surface area (Å²) in [5, 5.41) is 2.36. The summed E-state index contributed by atoms with van der Waals surface area (Å²) in [6.07, 6.45) is 5.08. The number of hydrogen-bond donors (Lipinski definition) is 1. The Hall–Kier alpha value is -1.39. The molecule has 1 heterocycles. The van der Waals surface area contributed by atoms with Crippen LogP contribution < -0.4 is 5.32 Å². The molecule has 3 fully saturated rings. The molecule has 1 spiro atoms. The zero-order valence-corrected chi connectivity index (χ0v) is 10.6. The highest BCUT2D eigenvalue weighted by atomic mass is 16.2. The summed E-state index contributed by atoms with van der Waals surface area (Å²) in [7, 11) is 0. The van der Waals surface area contributed by atoms with Crippen LogP contribution in [-0.4, -0.2) is 28.8 Å². The molecule has 2 unspecified atom stereocenters. The highest BCUT2D eigenvalue weighted by Crippen LogP contribution is 2.48. The topological polar surface area (TPSA) is 66.5 Å². The number of carbonyl (C=O) groups is 3. The van der Waals surface area contributed by atoms with E-state index in [0.29, 0.717) is 18.8 Å². The van der Waals surface area contributed by atoms with Crippen LogP contribution in [0.25, 0.3) is 0 Å². The van der Waals surface area contributed by atoms with E-state index in [2.05, 4.69) is 12.2 Å². The molecule has 4 amide bonds. The van der Waals surface area contributed by atoms with Crippen molar-refractivity contribution >= 4 is 17.8 Å². The summed E-state index contributed by atoms with van der Waals surface area (Å²) >= 11 is 0. The Kier molecular flexibility index (Phi) is 2.47. The third-order valence-electron chi connectivity index (χ3n) is 4.59. The van der Waals surface area contributed by atoms with Crippen LogP contribution in [0.1, 0.15) is 45.4 Å². The van der Waals surface area contributed by atoms with Crippen LogP contribution in [0.15, 0.2) is 0 Å². The monoisotopic (exact) mass is 250 g/mol. The smallest absolute Gasteiger partial charge is 0.277 e. The van der Waals surface area contributed by atoms with Gasteiger partial charge in [-0.15, -0.1) is 0 Å². The Morgan fingerprint density at radius 1 is 1.33 bits per heavy atom. The van der Waals surface area contributed by atoms with Gasteiger partial charge in [0.1, 0.15) is 5.41 Å². The SMILES string of the molecule is CCCC1CC1N1C(=O)NC(=O)C2(CCC2)C1=O. The molecule has 0 bridgehead atoms. The van der Waals surface area contributed by atoms with Crippen molar-refractivity contribution in [1.29, 1.82) is 0 Å². The number of imide groups is 2. The zero-order valence-electron chi connectivity index (χ0n) is 10.6. The van der Waals surface area contributed by atoms with Crippen LogP contribution in [0.2, 0.25) is 0 Å². The zero-order chi connectivity index (χ0) is 12.9. The van der Waals surface area contributed by atoms with Crippen molar-refractivity contribution in [3.05, 3.63) is 0 Å². The lowest BCUT2D eigenvalue weighted by Gasteiger charge is -2.44. The molecule has 0 aromatic heterocycles. The molecule has 18 heavy (non-hydrogen) atoms. The van der Waals surface area contributed by atoms with Crippen LogP contribution in [-0.2, 0) is 9.59 Å². The number of carbonyl (C=O) groups excluding carboxylic acids is 3. The van der Waals surface area contributed by atoms with Crippen molar-refractivity contribution in [2.24, 2.45) is 11.3 Å². The Morgan fingerprint density at radius 2 is 2.06 bits per heavy atom. The molecule has 0 radical (unpaired) electrons. The second-order valence-electron chi connectivity index (χ2n) is 5.72. The molecule has 2 aliphatic carbocycles. The van der Waals surface area contributed by atoms with E-state index in [1.807, 2.05) is 0 Å². The minimum atomic E-state index is -0.909. The fourth-order valence-corrected chi connectivity index (χ4v) is 3.20. The second kappa shape index (κ2) is 3.80. The first-order chi connectivity index (χ1) is 8.60. The van der Waals surface area contributed by atoms with Gasteiger partial charge in [-0.2, -0.15) is 0 Å². The summed E-state index contributed by atoms with van der Waals surface area (Å²) in [4.78, 5) is 37.4. The molecule has 5 heteroatoms. The first-order valence-corrected chi connectivity index (χ1v) is 6.79. The molecule has 3 aliphatic rings. The lowest BCUT2D eigenvalue weighted by molar-refractivity contribution is -0.158. The number of nitrogens with zero attached hydrogens (tertiary/aromatic N) is 1. The predicted octanol–water partition coefficient (Wildman–Crippen LogP) is 1.42. The number of barbiturate groups is 1. The molecule has 0 aromatic rings. The van der Waals surface area contributed by atoms with Crippen molar-refractivity contribution in [2.75, 3.05) is 0 Å². The van der Waals surface area contributed by atoms with Crippen molar-refractivity contribution in [2.45, 2.75) is 51.5 Å². The molecule has 5 nitrogen and oxygen atoms in total. The van der Waals surface area contributed by atoms with Gasteiger partial charge in [-0.3, -0.25) is 19.8 Å². The van der Waals surface area contributed by atoms with Crippen LogP contribution >= 0.6 is 0 Å². The molecule has 2 atom stereocenters. The van der Waals surface area contributed by atoms with Crippen LogP contribution in [0, 0.1) is 11.3 Å². The summed E-state index contributed by atoms with van der Waals surface area (Å²) < 4.78 is 0. The maximum absolute atomic E-state index is 12.4. The molecular weight excluding hydrogens is 232 g/mol. The quantitative estimate of drug-likeness (QED) is 0.770. The first-order valence-electron chi connectivity index (χ1n) is 6.79. The number of hydrogen-bond acceptors (Lipinski definition) is 3. The van der Waals surface area contributed by atoms with E-state index in [-0.39, 0.29) is 17.9 Å². The van der Waals surface area contributed by atoms with E-state index in [0.717, 1.165) is 25.7 Å². The van der Waals surface area contributed by atoms with Gasteiger partial charge >= 0.3 is 6.03 Å². The summed E-state index contributed by atoms with van der Waals surface area (Å²) in [5.41, 5.74) is -0.909. The van der Waals surface area contributed by atoms with Crippen LogP contribution in [0.5, 0.6) is 0 Å². The Balaban J connectivity index is 1.80. The minimum absolute atomic E-state index is 0.0306. The van der Waals surface area contributed by atoms with E-state index in [4.69, 9.17) is 0 Å². The second-order valence-corrected chi connectivity index (χ2v) is 5.72. The van der Waals surface area contributed by atoms with E-state index in [1.165, 1.54) is 4.90 Å². The van der Waals surface area contributed by atoms with Crippen molar-refractivity contribution in [1.82, 2.24) is 10.2 Å². The largest absolute Gasteiger partial charge is 0.331 e. The lowest BCUT2D eigenvalue weighted by atomic mass is 9.66. The molecule has 1 saturated heterocycles. The molecule has 3 rings (SSSR count). The van der Waals surface area contributed by atoms with E-state index in [1.54, 1.807) is 0 Å². The number of amides is 4. The van der Waals surface area contributed by atoms with Gasteiger partial charge in [0.05, 0.1) is 0 Å². The summed E-state index contributed by atoms with van der Waals surface area (Å²) in [6.45, 7) is 2.10. The van der Waals surface area contributed by atoms with Crippen molar-refractivity contribution < 1.29 is 14.4 Å². The number of rotatable bonds is 3. The highest BCUT2D eigenvalue weighted by molar-refractivity contribution is 6.19.